The lowest BCUT2D eigenvalue weighted by molar-refractivity contribution is -0.167. The third kappa shape index (κ3) is 23.7. The summed E-state index contributed by atoms with van der Waals surface area (Å²) in [6, 6.07) is -5.58. The highest BCUT2D eigenvalue weighted by molar-refractivity contribution is 8.00. The van der Waals surface area contributed by atoms with E-state index in [9.17, 15) is 52.7 Å². The number of ketones is 1. The Kier molecular flexibility index (Phi) is 27.7. The lowest BCUT2D eigenvalue weighted by atomic mass is 9.72. The number of carboxylic acid groups (broad SMARTS) is 4. The standard InChI is InChI=1S/C51H75N7O20S3/c1-25-9-8-14-51(7)36(78-51)16-34(26(2)15-29-20-81-28(4)56-29)75-41(65)17-35(76-42(66)23-79-21-32(46(69)54-18-39(61)62)57-37(59)12-10-30(52)48(71)72)50(5,6)45(68)27(3)44(25)77-43(67)24-80-22-33(47(70)55-19-40(63)64)58-38(60)13-11-31(53)49(73)74/h15,20,25,27,30-36,44H,8-14,16-19,21-24,52-53H2,1-7H3,(H,54,69)(H,55,70)(H,57,59)(H,58,60)(H,61,62)(H,63,64)(H,71,72)(H,73,74)/b26-15+/t25-,27+,30-,31-,32-,33-,34-,35-,36-,44-,51+/m0/s1. The quantitative estimate of drug-likeness (QED) is 0.0315. The summed E-state index contributed by atoms with van der Waals surface area (Å²) in [5, 5.41) is 48.2. The van der Waals surface area contributed by atoms with Crippen LogP contribution < -0.4 is 32.7 Å². The minimum atomic E-state index is -1.74. The molecule has 11 atom stereocenters. The summed E-state index contributed by atoms with van der Waals surface area (Å²) in [7, 11) is 0. The highest BCUT2D eigenvalue weighted by atomic mass is 32.2. The molecule has 0 aromatic carbocycles. The fourth-order valence-electron chi connectivity index (χ4n) is 8.64. The van der Waals surface area contributed by atoms with Crippen molar-refractivity contribution >= 4 is 112 Å². The molecular formula is C51H75N7O20S3. The second-order valence-corrected chi connectivity index (χ2v) is 23.8. The number of hydrogen-bond acceptors (Lipinski definition) is 22. The number of rotatable bonds is 28. The molecule has 0 unspecified atom stereocenters. The number of thioether (sulfide) groups is 2. The zero-order valence-electron chi connectivity index (χ0n) is 46.2. The number of aromatic nitrogens is 1. The van der Waals surface area contributed by atoms with Crippen LogP contribution in [0.3, 0.4) is 0 Å². The van der Waals surface area contributed by atoms with Gasteiger partial charge in [0.25, 0.3) is 0 Å². The number of carbonyl (C=O) groups is 12. The van der Waals surface area contributed by atoms with E-state index in [1.807, 2.05) is 19.2 Å². The predicted octanol–water partition coefficient (Wildman–Crippen LogP) is 0.801. The maximum absolute atomic E-state index is 15.0. The number of aliphatic carboxylic acids is 4. The van der Waals surface area contributed by atoms with Gasteiger partial charge in [-0.25, -0.2) is 4.98 Å². The van der Waals surface area contributed by atoms with Gasteiger partial charge in [0.1, 0.15) is 61.4 Å². The van der Waals surface area contributed by atoms with Crippen LogP contribution in [0.25, 0.3) is 6.08 Å². The molecule has 2 saturated heterocycles. The van der Waals surface area contributed by atoms with Crippen LogP contribution in [-0.2, 0) is 76.5 Å². The Morgan fingerprint density at radius 3 is 1.80 bits per heavy atom. The molecule has 27 nitrogen and oxygen atoms in total. The number of esters is 3. The first-order chi connectivity index (χ1) is 37.8. The summed E-state index contributed by atoms with van der Waals surface area (Å²) in [4.78, 5) is 158. The van der Waals surface area contributed by atoms with Gasteiger partial charge in [-0.05, 0) is 77.9 Å². The van der Waals surface area contributed by atoms with E-state index in [4.69, 9.17) is 50.8 Å². The molecule has 2 fully saturated rings. The number of nitrogens with one attached hydrogen (secondary N) is 4. The smallest absolute Gasteiger partial charge is 0.322 e. The first kappa shape index (κ1) is 69.1. The Hall–Kier alpha value is -6.21. The highest BCUT2D eigenvalue weighted by Gasteiger charge is 2.53. The molecule has 0 radical (unpaired) electrons. The number of cyclic esters (lactones) is 1. The minimum Gasteiger partial charge on any atom is -0.480 e. The molecule has 1 aromatic heterocycles. The molecule has 3 rings (SSSR count). The van der Waals surface area contributed by atoms with Crippen molar-refractivity contribution in [1.29, 1.82) is 0 Å². The molecule has 4 amide bonds. The average Bonchev–Trinajstić information content (AvgIpc) is 4.10. The number of carbonyl (C=O) groups excluding carboxylic acids is 8. The Morgan fingerprint density at radius 1 is 0.827 bits per heavy atom. The van der Waals surface area contributed by atoms with Crippen molar-refractivity contribution in [3.05, 3.63) is 21.7 Å². The number of nitrogens with zero attached hydrogens (tertiary/aromatic N) is 1. The molecule has 81 heavy (non-hydrogen) atoms. The monoisotopic (exact) mass is 1200 g/mol. The van der Waals surface area contributed by atoms with Crippen LogP contribution in [0, 0.1) is 24.2 Å². The van der Waals surface area contributed by atoms with E-state index in [1.165, 1.54) is 32.1 Å². The SMILES string of the molecule is C/C(=C\c1csc(C)n1)[C@@H]1C[C@@H]2O[C@]2(C)CCC[C@H](C)[C@H](OC(=O)CSC[C@H](NC(=O)CC[C@H](N)C(=O)O)C(=O)NCC(=O)O)[C@@H](C)C(=O)C(C)(C)[C@@H](OC(=O)CSC[C@H](NC(=O)CC[C@H](N)C(=O)O)C(=O)NCC(=O)O)CC(=O)O1. The van der Waals surface area contributed by atoms with Crippen LogP contribution in [-0.4, -0.2) is 187 Å². The molecule has 2 aliphatic heterocycles. The summed E-state index contributed by atoms with van der Waals surface area (Å²) in [6.45, 7) is 10.1. The Balaban J connectivity index is 1.95. The van der Waals surface area contributed by atoms with E-state index in [1.54, 1.807) is 19.9 Å². The Labute approximate surface area is 480 Å². The van der Waals surface area contributed by atoms with E-state index in [2.05, 4.69) is 26.3 Å². The van der Waals surface area contributed by atoms with Crippen molar-refractivity contribution in [2.24, 2.45) is 28.7 Å². The summed E-state index contributed by atoms with van der Waals surface area (Å²) in [6.07, 6.45) is -2.44. The van der Waals surface area contributed by atoms with Crippen molar-refractivity contribution in [2.45, 2.75) is 160 Å². The number of nitrogens with two attached hydrogens (primary N) is 2. The van der Waals surface area contributed by atoms with E-state index in [-0.39, 0.29) is 36.9 Å². The number of ether oxygens (including phenoxy) is 4. The van der Waals surface area contributed by atoms with Crippen molar-refractivity contribution in [3.8, 4) is 0 Å². The lowest BCUT2D eigenvalue weighted by Crippen LogP contribution is -2.50. The van der Waals surface area contributed by atoms with Crippen LogP contribution in [0.15, 0.2) is 11.0 Å². The molecule has 0 aliphatic carbocycles. The van der Waals surface area contributed by atoms with Gasteiger partial charge in [0.15, 0.2) is 0 Å². The zero-order valence-corrected chi connectivity index (χ0v) is 48.6. The van der Waals surface area contributed by atoms with Gasteiger partial charge in [-0.1, -0.05) is 20.3 Å². The lowest BCUT2D eigenvalue weighted by Gasteiger charge is -2.37. The molecule has 452 valence electrons. The summed E-state index contributed by atoms with van der Waals surface area (Å²) < 4.78 is 24.4. The van der Waals surface area contributed by atoms with Gasteiger partial charge < -0.3 is 72.1 Å². The van der Waals surface area contributed by atoms with E-state index in [0.717, 1.165) is 28.5 Å². The molecule has 30 heteroatoms. The largest absolute Gasteiger partial charge is 0.480 e. The maximum atomic E-state index is 15.0. The van der Waals surface area contributed by atoms with Gasteiger partial charge in [-0.15, -0.1) is 34.9 Å². The van der Waals surface area contributed by atoms with Crippen molar-refractivity contribution in [3.63, 3.8) is 0 Å². The molecule has 1 aromatic rings. The first-order valence-electron chi connectivity index (χ1n) is 25.9. The van der Waals surface area contributed by atoms with Crippen LogP contribution in [0.4, 0.5) is 0 Å². The third-order valence-electron chi connectivity index (χ3n) is 13.5. The number of aryl methyl sites for hydroxylation is 1. The summed E-state index contributed by atoms with van der Waals surface area (Å²) in [5.74, 6) is -15.4. The number of fused-ring (bicyclic) bond motifs is 1. The summed E-state index contributed by atoms with van der Waals surface area (Å²) >= 11 is 3.04. The van der Waals surface area contributed by atoms with Crippen molar-refractivity contribution < 1.29 is 96.9 Å². The van der Waals surface area contributed by atoms with Gasteiger partial charge in [-0.3, -0.25) is 57.5 Å². The molecular weight excluding hydrogens is 1130 g/mol. The molecule has 12 N–H and O–H groups in total. The van der Waals surface area contributed by atoms with Crippen molar-refractivity contribution in [2.75, 3.05) is 36.1 Å². The third-order valence-corrected chi connectivity index (χ3v) is 16.3. The average molecular weight is 1200 g/mol. The number of hydrogen-bond donors (Lipinski definition) is 10. The van der Waals surface area contributed by atoms with E-state index >= 15 is 4.79 Å². The highest BCUT2D eigenvalue weighted by Crippen LogP contribution is 2.45. The topological polar surface area (TPSA) is 439 Å². The van der Waals surface area contributed by atoms with Gasteiger partial charge in [-0.2, -0.15) is 0 Å². The maximum Gasteiger partial charge on any atom is 0.322 e. The van der Waals surface area contributed by atoms with Crippen LogP contribution in [0.5, 0.6) is 0 Å². The number of thiazole rings is 1. The van der Waals surface area contributed by atoms with Crippen LogP contribution >= 0.6 is 34.9 Å². The van der Waals surface area contributed by atoms with Crippen LogP contribution in [0.2, 0.25) is 0 Å². The number of amides is 4. The number of carboxylic acids is 4. The van der Waals surface area contributed by atoms with Gasteiger partial charge in [0, 0.05) is 36.1 Å². The van der Waals surface area contributed by atoms with Gasteiger partial charge in [0.2, 0.25) is 23.6 Å². The zero-order chi connectivity index (χ0) is 60.9. The predicted molar refractivity (Wildman–Crippen MR) is 293 cm³/mol. The van der Waals surface area contributed by atoms with Crippen LogP contribution in [0.1, 0.15) is 110 Å². The van der Waals surface area contributed by atoms with E-state index in [0.29, 0.717) is 30.5 Å². The fourth-order valence-corrected chi connectivity index (χ4v) is 10.9. The fraction of sp³-hybridized carbons (Fsp3) is 0.667. The number of epoxide rings is 1. The van der Waals surface area contributed by atoms with Gasteiger partial charge >= 0.3 is 41.8 Å². The van der Waals surface area contributed by atoms with Crippen molar-refractivity contribution in [1.82, 2.24) is 26.3 Å². The number of Topliss-reactive ketones (excluding diaryl/α,β-unsaturated/α-hetero) is 1. The molecule has 2 aliphatic rings. The normalized spacial score (nSPS) is 23.8. The second-order valence-electron chi connectivity index (χ2n) is 20.7. The van der Waals surface area contributed by atoms with Gasteiger partial charge in [0.05, 0.1) is 51.7 Å². The molecule has 0 spiro atoms. The Morgan fingerprint density at radius 2 is 1.33 bits per heavy atom. The first-order valence-corrected chi connectivity index (χ1v) is 29.1. The molecule has 0 saturated carbocycles. The minimum absolute atomic E-state index is 0.232. The van der Waals surface area contributed by atoms with E-state index < -0.39 is 180 Å². The molecule has 0 bridgehead atoms. The molecule has 3 heterocycles. The Bertz CT molecular complexity index is 2490. The second kappa shape index (κ2) is 32.4. The summed E-state index contributed by atoms with van der Waals surface area (Å²) in [5.41, 5.74) is 9.91.